The lowest BCUT2D eigenvalue weighted by atomic mass is 10.3. The maximum atomic E-state index is 12.6. The second kappa shape index (κ2) is 24.1. The lowest BCUT2D eigenvalue weighted by molar-refractivity contribution is -0.0762. The molecule has 0 saturated heterocycles. The van der Waals surface area contributed by atoms with Crippen LogP contribution in [0, 0.1) is 0 Å². The van der Waals surface area contributed by atoms with E-state index >= 15 is 0 Å². The SMILES string of the molecule is CCCCOC(C)COC(C)COC(C)COC(=O)c1cccc(C(=O)OCC(C)OCC(C)OCC(C)OCCCC)n1. The largest absolute Gasteiger partial charge is 0.458 e. The van der Waals surface area contributed by atoms with E-state index in [1.54, 1.807) is 19.9 Å². The summed E-state index contributed by atoms with van der Waals surface area (Å²) in [6.07, 6.45) is 3.31. The van der Waals surface area contributed by atoms with Crippen LogP contribution in [0.2, 0.25) is 0 Å². The van der Waals surface area contributed by atoms with Gasteiger partial charge in [0.05, 0.1) is 63.1 Å². The zero-order chi connectivity index (χ0) is 32.7. The van der Waals surface area contributed by atoms with Gasteiger partial charge in [-0.2, -0.15) is 0 Å². The summed E-state index contributed by atoms with van der Waals surface area (Å²) >= 11 is 0. The molecule has 0 aliphatic rings. The molecule has 0 radical (unpaired) electrons. The van der Waals surface area contributed by atoms with E-state index < -0.39 is 11.9 Å². The molecule has 0 bridgehead atoms. The predicted molar refractivity (Wildman–Crippen MR) is 167 cm³/mol. The van der Waals surface area contributed by atoms with Gasteiger partial charge in [-0.05, 0) is 66.5 Å². The minimum Gasteiger partial charge on any atom is -0.458 e. The second-order valence-corrected chi connectivity index (χ2v) is 11.3. The molecule has 1 aromatic rings. The van der Waals surface area contributed by atoms with Gasteiger partial charge in [0, 0.05) is 13.2 Å². The minimum atomic E-state index is -0.659. The van der Waals surface area contributed by atoms with Gasteiger partial charge in [-0.15, -0.1) is 0 Å². The third kappa shape index (κ3) is 19.3. The molecule has 0 N–H and O–H groups in total. The number of carbonyl (C=O) groups excluding carboxylic acids is 2. The average molecular weight is 628 g/mol. The number of unbranched alkanes of at least 4 members (excludes halogenated alkanes) is 2. The number of nitrogens with zero attached hydrogens (tertiary/aromatic N) is 1. The molecular formula is C33H57NO10. The summed E-state index contributed by atoms with van der Waals surface area (Å²) in [7, 11) is 0. The van der Waals surface area contributed by atoms with Crippen LogP contribution in [-0.4, -0.2) is 106 Å². The summed E-state index contributed by atoms with van der Waals surface area (Å²) in [6.45, 7) is 18.8. The normalized spacial score (nSPS) is 15.6. The molecule has 6 atom stereocenters. The van der Waals surface area contributed by atoms with Gasteiger partial charge in [0.2, 0.25) is 0 Å². The number of rotatable bonds is 26. The number of carbonyl (C=O) groups is 2. The Hall–Kier alpha value is -2.15. The molecule has 44 heavy (non-hydrogen) atoms. The summed E-state index contributed by atoms with van der Waals surface area (Å²) in [4.78, 5) is 29.2. The van der Waals surface area contributed by atoms with E-state index in [0.717, 1.165) is 38.9 Å². The average Bonchev–Trinajstić information content (AvgIpc) is 3.02. The minimum absolute atomic E-state index is 0.00332. The number of aromatic nitrogens is 1. The predicted octanol–water partition coefficient (Wildman–Crippen LogP) is 5.43. The molecule has 0 saturated carbocycles. The molecule has 1 rings (SSSR count). The van der Waals surface area contributed by atoms with E-state index in [4.69, 9.17) is 37.9 Å². The maximum Gasteiger partial charge on any atom is 0.357 e. The molecule has 254 valence electrons. The van der Waals surface area contributed by atoms with Crippen molar-refractivity contribution in [2.45, 2.75) is 118 Å². The van der Waals surface area contributed by atoms with Gasteiger partial charge in [-0.1, -0.05) is 32.8 Å². The molecule has 0 spiro atoms. The molecular weight excluding hydrogens is 570 g/mol. The first-order valence-electron chi connectivity index (χ1n) is 16.1. The second-order valence-electron chi connectivity index (χ2n) is 11.3. The van der Waals surface area contributed by atoms with Gasteiger partial charge in [0.1, 0.15) is 24.6 Å². The Labute approximate surface area is 264 Å². The number of hydrogen-bond donors (Lipinski definition) is 0. The van der Waals surface area contributed by atoms with Crippen LogP contribution < -0.4 is 0 Å². The first-order chi connectivity index (χ1) is 21.0. The summed E-state index contributed by atoms with van der Waals surface area (Å²) in [5.41, 5.74) is 0.00664. The van der Waals surface area contributed by atoms with Crippen molar-refractivity contribution in [2.75, 3.05) is 52.9 Å². The van der Waals surface area contributed by atoms with Crippen LogP contribution in [0.1, 0.15) is 102 Å². The molecule has 1 heterocycles. The van der Waals surface area contributed by atoms with Gasteiger partial charge in [0.15, 0.2) is 0 Å². The van der Waals surface area contributed by atoms with E-state index in [0.29, 0.717) is 26.4 Å². The van der Waals surface area contributed by atoms with Crippen LogP contribution in [0.5, 0.6) is 0 Å². The highest BCUT2D eigenvalue weighted by atomic mass is 16.6. The van der Waals surface area contributed by atoms with Crippen molar-refractivity contribution in [3.8, 4) is 0 Å². The highest BCUT2D eigenvalue weighted by Gasteiger charge is 2.18. The summed E-state index contributed by atoms with van der Waals surface area (Å²) in [6, 6.07) is 4.51. The smallest absolute Gasteiger partial charge is 0.357 e. The van der Waals surface area contributed by atoms with Gasteiger partial charge >= 0.3 is 11.9 Å². The van der Waals surface area contributed by atoms with E-state index in [2.05, 4.69) is 18.8 Å². The van der Waals surface area contributed by atoms with Crippen molar-refractivity contribution in [1.82, 2.24) is 4.98 Å². The Kier molecular flexibility index (Phi) is 21.9. The number of ether oxygens (including phenoxy) is 8. The fourth-order valence-electron chi connectivity index (χ4n) is 3.54. The van der Waals surface area contributed by atoms with Crippen molar-refractivity contribution >= 4 is 11.9 Å². The fourth-order valence-corrected chi connectivity index (χ4v) is 3.54. The monoisotopic (exact) mass is 627 g/mol. The van der Waals surface area contributed by atoms with Crippen molar-refractivity contribution in [1.29, 1.82) is 0 Å². The molecule has 0 amide bonds. The third-order valence-corrected chi connectivity index (χ3v) is 6.33. The van der Waals surface area contributed by atoms with E-state index in [1.807, 2.05) is 27.7 Å². The molecule has 11 nitrogen and oxygen atoms in total. The maximum absolute atomic E-state index is 12.6. The molecule has 0 aliphatic heterocycles. The molecule has 11 heteroatoms. The van der Waals surface area contributed by atoms with Gasteiger partial charge in [-0.25, -0.2) is 14.6 Å². The van der Waals surface area contributed by atoms with Crippen LogP contribution in [-0.2, 0) is 37.9 Å². The van der Waals surface area contributed by atoms with Crippen molar-refractivity contribution < 1.29 is 47.5 Å². The Morgan fingerprint density at radius 2 is 0.864 bits per heavy atom. The van der Waals surface area contributed by atoms with Gasteiger partial charge in [0.25, 0.3) is 0 Å². The Balaban J connectivity index is 2.33. The van der Waals surface area contributed by atoms with Crippen LogP contribution in [0.4, 0.5) is 0 Å². The number of pyridine rings is 1. The summed E-state index contributed by atoms with van der Waals surface area (Å²) < 4.78 is 45.1. The zero-order valence-corrected chi connectivity index (χ0v) is 28.2. The van der Waals surface area contributed by atoms with Crippen molar-refractivity contribution in [3.05, 3.63) is 29.6 Å². The number of hydrogen-bond acceptors (Lipinski definition) is 11. The van der Waals surface area contributed by atoms with Crippen molar-refractivity contribution in [2.24, 2.45) is 0 Å². The standard InChI is InChI=1S/C33H57NO10/c1-9-11-16-37-24(3)18-39-26(5)20-41-28(7)22-43-32(35)30-14-13-15-31(34-30)33(36)44-23-29(8)42-21-27(6)40-19-25(4)38-17-12-10-2/h13-15,24-29H,9-12,16-23H2,1-8H3. The van der Waals surface area contributed by atoms with E-state index in [1.165, 1.54) is 12.1 Å². The molecule has 1 aromatic heterocycles. The molecule has 0 aliphatic carbocycles. The lowest BCUT2D eigenvalue weighted by Gasteiger charge is -2.20. The van der Waals surface area contributed by atoms with Crippen LogP contribution in [0.15, 0.2) is 18.2 Å². The van der Waals surface area contributed by atoms with E-state index in [-0.39, 0.29) is 61.2 Å². The Morgan fingerprint density at radius 1 is 0.545 bits per heavy atom. The van der Waals surface area contributed by atoms with Gasteiger partial charge in [-0.3, -0.25) is 0 Å². The number of esters is 2. The first kappa shape index (κ1) is 39.9. The Bertz CT molecular complexity index is 834. The highest BCUT2D eigenvalue weighted by molar-refractivity contribution is 5.91. The van der Waals surface area contributed by atoms with Crippen LogP contribution in [0.25, 0.3) is 0 Å². The lowest BCUT2D eigenvalue weighted by Crippen LogP contribution is -2.27. The topological polar surface area (TPSA) is 121 Å². The third-order valence-electron chi connectivity index (χ3n) is 6.33. The Morgan fingerprint density at radius 3 is 1.20 bits per heavy atom. The molecule has 0 fully saturated rings. The summed E-state index contributed by atoms with van der Waals surface area (Å²) in [5.74, 6) is -1.32. The molecule has 6 unspecified atom stereocenters. The van der Waals surface area contributed by atoms with Gasteiger partial charge < -0.3 is 37.9 Å². The highest BCUT2D eigenvalue weighted by Crippen LogP contribution is 2.07. The molecule has 0 aromatic carbocycles. The quantitative estimate of drug-likeness (QED) is 0.0966. The first-order valence-corrected chi connectivity index (χ1v) is 16.1. The fraction of sp³-hybridized carbons (Fsp3) is 0.788. The van der Waals surface area contributed by atoms with Crippen molar-refractivity contribution in [3.63, 3.8) is 0 Å². The summed E-state index contributed by atoms with van der Waals surface area (Å²) in [5, 5.41) is 0. The van der Waals surface area contributed by atoms with Crippen LogP contribution >= 0.6 is 0 Å². The zero-order valence-electron chi connectivity index (χ0n) is 28.2. The van der Waals surface area contributed by atoms with Crippen LogP contribution in [0.3, 0.4) is 0 Å². The van der Waals surface area contributed by atoms with E-state index in [9.17, 15) is 9.59 Å².